The van der Waals surface area contributed by atoms with Crippen LogP contribution >= 0.6 is 11.6 Å². The molecule has 0 bridgehead atoms. The van der Waals surface area contributed by atoms with Crippen molar-refractivity contribution in [2.75, 3.05) is 12.4 Å². The van der Waals surface area contributed by atoms with Crippen molar-refractivity contribution in [1.82, 2.24) is 0 Å². The highest BCUT2D eigenvalue weighted by Crippen LogP contribution is 2.26. The highest BCUT2D eigenvalue weighted by Gasteiger charge is 2.21. The van der Waals surface area contributed by atoms with E-state index in [2.05, 4.69) is 5.32 Å². The maximum absolute atomic E-state index is 12.4. The fraction of sp³-hybridized carbons (Fsp3) is 0.133. The van der Waals surface area contributed by atoms with Gasteiger partial charge in [-0.3, -0.25) is 14.9 Å². The van der Waals surface area contributed by atoms with Gasteiger partial charge in [-0.1, -0.05) is 17.7 Å². The monoisotopic (exact) mass is 320 g/mol. The molecule has 0 atom stereocenters. The highest BCUT2D eigenvalue weighted by molar-refractivity contribution is 6.31. The highest BCUT2D eigenvalue weighted by atomic mass is 35.5. The fourth-order valence-corrected chi connectivity index (χ4v) is 2.07. The van der Waals surface area contributed by atoms with E-state index in [1.54, 1.807) is 25.1 Å². The molecule has 0 aliphatic carbocycles. The van der Waals surface area contributed by atoms with E-state index in [9.17, 15) is 14.9 Å². The lowest BCUT2D eigenvalue weighted by molar-refractivity contribution is -0.385. The summed E-state index contributed by atoms with van der Waals surface area (Å²) in [6.07, 6.45) is 0. The van der Waals surface area contributed by atoms with Crippen molar-refractivity contribution in [3.8, 4) is 5.75 Å². The van der Waals surface area contributed by atoms with Crippen LogP contribution in [0.1, 0.15) is 15.9 Å². The third-order valence-electron chi connectivity index (χ3n) is 3.09. The van der Waals surface area contributed by atoms with Crippen LogP contribution in [0, 0.1) is 17.0 Å². The number of nitrogens with one attached hydrogen (secondary N) is 1. The molecule has 2 aromatic rings. The molecule has 2 rings (SSSR count). The minimum absolute atomic E-state index is 0.0799. The van der Waals surface area contributed by atoms with Crippen molar-refractivity contribution in [1.29, 1.82) is 0 Å². The maximum atomic E-state index is 12.4. The Labute approximate surface area is 131 Å². The molecular weight excluding hydrogens is 308 g/mol. The summed E-state index contributed by atoms with van der Waals surface area (Å²) in [7, 11) is 1.42. The van der Waals surface area contributed by atoms with Gasteiger partial charge in [-0.2, -0.15) is 0 Å². The van der Waals surface area contributed by atoms with Gasteiger partial charge in [0, 0.05) is 16.8 Å². The summed E-state index contributed by atoms with van der Waals surface area (Å²) in [5.41, 5.74) is 0.916. The first-order valence-electron chi connectivity index (χ1n) is 6.32. The maximum Gasteiger partial charge on any atom is 0.282 e. The van der Waals surface area contributed by atoms with Crippen LogP contribution in [-0.4, -0.2) is 17.9 Å². The largest absolute Gasteiger partial charge is 0.497 e. The average Bonchev–Trinajstić information content (AvgIpc) is 2.50. The normalized spacial score (nSPS) is 10.1. The smallest absolute Gasteiger partial charge is 0.282 e. The number of nitro benzene ring substituents is 1. The Bertz CT molecular complexity index is 746. The third-order valence-corrected chi connectivity index (χ3v) is 3.33. The molecule has 0 fully saturated rings. The molecule has 114 valence electrons. The number of nitrogens with zero attached hydrogens (tertiary/aromatic N) is 1. The van der Waals surface area contributed by atoms with Crippen molar-refractivity contribution in [2.45, 2.75) is 6.92 Å². The number of hydrogen-bond acceptors (Lipinski definition) is 4. The number of ether oxygens (including phenoxy) is 1. The van der Waals surface area contributed by atoms with E-state index < -0.39 is 10.8 Å². The zero-order valence-electron chi connectivity index (χ0n) is 11.9. The van der Waals surface area contributed by atoms with Gasteiger partial charge >= 0.3 is 0 Å². The number of anilines is 1. The standard InChI is InChI=1S/C15H13ClN2O4/c1-9-3-4-10(16)7-13(9)17-15(19)12-8-11(22-2)5-6-14(12)18(20)21/h3-8H,1-2H3,(H,17,19). The van der Waals surface area contributed by atoms with Gasteiger partial charge in [0.25, 0.3) is 11.6 Å². The molecule has 1 N–H and O–H groups in total. The molecule has 0 spiro atoms. The zero-order chi connectivity index (χ0) is 16.3. The molecule has 1 amide bonds. The Morgan fingerprint density at radius 3 is 2.64 bits per heavy atom. The summed E-state index contributed by atoms with van der Waals surface area (Å²) in [6, 6.07) is 9.02. The van der Waals surface area contributed by atoms with E-state index in [-0.39, 0.29) is 11.3 Å². The average molecular weight is 321 g/mol. The first-order chi connectivity index (χ1) is 10.4. The molecule has 0 saturated heterocycles. The van der Waals surface area contributed by atoms with Crippen LogP contribution in [0.3, 0.4) is 0 Å². The molecule has 0 saturated carbocycles. The number of rotatable bonds is 4. The van der Waals surface area contributed by atoms with Crippen molar-refractivity contribution >= 4 is 28.9 Å². The second-order valence-corrected chi connectivity index (χ2v) is 4.99. The lowest BCUT2D eigenvalue weighted by Crippen LogP contribution is -2.15. The molecule has 0 aliphatic rings. The summed E-state index contributed by atoms with van der Waals surface area (Å²) in [5.74, 6) is -0.241. The van der Waals surface area contributed by atoms with Gasteiger partial charge in [0.2, 0.25) is 0 Å². The molecular formula is C15H13ClN2O4. The number of benzene rings is 2. The molecule has 22 heavy (non-hydrogen) atoms. The number of carbonyl (C=O) groups is 1. The van der Waals surface area contributed by atoms with Crippen LogP contribution < -0.4 is 10.1 Å². The number of hydrogen-bond donors (Lipinski definition) is 1. The van der Waals surface area contributed by atoms with Crippen LogP contribution in [0.5, 0.6) is 5.75 Å². The molecule has 2 aromatic carbocycles. The van der Waals surface area contributed by atoms with Crippen molar-refractivity contribution in [3.63, 3.8) is 0 Å². The fourth-order valence-electron chi connectivity index (χ4n) is 1.90. The minimum atomic E-state index is -0.612. The number of nitro groups is 1. The SMILES string of the molecule is COc1ccc([N+](=O)[O-])c(C(=O)Nc2cc(Cl)ccc2C)c1. The molecule has 6 nitrogen and oxygen atoms in total. The van der Waals surface area contributed by atoms with E-state index in [1.165, 1.54) is 25.3 Å². The van der Waals surface area contributed by atoms with E-state index in [4.69, 9.17) is 16.3 Å². The summed E-state index contributed by atoms with van der Waals surface area (Å²) in [6.45, 7) is 1.80. The number of carbonyl (C=O) groups excluding carboxylic acids is 1. The first kappa shape index (κ1) is 15.8. The van der Waals surface area contributed by atoms with Gasteiger partial charge in [0.05, 0.1) is 12.0 Å². The lowest BCUT2D eigenvalue weighted by Gasteiger charge is -2.10. The van der Waals surface area contributed by atoms with Crippen molar-refractivity contribution in [2.24, 2.45) is 0 Å². The van der Waals surface area contributed by atoms with Crippen molar-refractivity contribution in [3.05, 3.63) is 62.7 Å². The Morgan fingerprint density at radius 1 is 1.27 bits per heavy atom. The lowest BCUT2D eigenvalue weighted by atomic mass is 10.1. The number of aryl methyl sites for hydroxylation is 1. The zero-order valence-corrected chi connectivity index (χ0v) is 12.7. The summed E-state index contributed by atoms with van der Waals surface area (Å²) >= 11 is 5.90. The topological polar surface area (TPSA) is 81.5 Å². The summed E-state index contributed by atoms with van der Waals surface area (Å²) < 4.78 is 5.01. The van der Waals surface area contributed by atoms with Gasteiger partial charge in [-0.25, -0.2) is 0 Å². The van der Waals surface area contributed by atoms with E-state index in [1.807, 2.05) is 0 Å². The van der Waals surface area contributed by atoms with Gasteiger partial charge in [-0.15, -0.1) is 0 Å². The number of halogens is 1. The Morgan fingerprint density at radius 2 is 2.00 bits per heavy atom. The Balaban J connectivity index is 2.40. The van der Waals surface area contributed by atoms with Crippen LogP contribution in [0.2, 0.25) is 5.02 Å². The van der Waals surface area contributed by atoms with Gasteiger partial charge in [0.15, 0.2) is 0 Å². The van der Waals surface area contributed by atoms with Crippen molar-refractivity contribution < 1.29 is 14.5 Å². The Kier molecular flexibility index (Phi) is 4.62. The van der Waals surface area contributed by atoms with Gasteiger partial charge in [-0.05, 0) is 36.8 Å². The second-order valence-electron chi connectivity index (χ2n) is 4.55. The molecule has 0 radical (unpaired) electrons. The molecule has 0 heterocycles. The minimum Gasteiger partial charge on any atom is -0.497 e. The van der Waals surface area contributed by atoms with Gasteiger partial charge < -0.3 is 10.1 Å². The predicted octanol–water partition coefficient (Wildman–Crippen LogP) is 3.82. The molecule has 7 heteroatoms. The van der Waals surface area contributed by atoms with E-state index >= 15 is 0 Å². The molecule has 0 aliphatic heterocycles. The first-order valence-corrected chi connectivity index (χ1v) is 6.70. The van der Waals surface area contributed by atoms with Crippen LogP contribution in [0.25, 0.3) is 0 Å². The van der Waals surface area contributed by atoms with Crippen LogP contribution in [-0.2, 0) is 0 Å². The number of methoxy groups -OCH3 is 1. The Hall–Kier alpha value is -2.60. The van der Waals surface area contributed by atoms with Crippen LogP contribution in [0.15, 0.2) is 36.4 Å². The van der Waals surface area contributed by atoms with Gasteiger partial charge in [0.1, 0.15) is 11.3 Å². The quantitative estimate of drug-likeness (QED) is 0.686. The summed E-state index contributed by atoms with van der Waals surface area (Å²) in [5, 5.41) is 14.2. The van der Waals surface area contributed by atoms with E-state index in [0.29, 0.717) is 16.5 Å². The third kappa shape index (κ3) is 3.35. The predicted molar refractivity (Wildman–Crippen MR) is 83.8 cm³/mol. The van der Waals surface area contributed by atoms with E-state index in [0.717, 1.165) is 5.56 Å². The number of amides is 1. The second kappa shape index (κ2) is 6.44. The summed E-state index contributed by atoms with van der Waals surface area (Å²) in [4.78, 5) is 22.8. The molecule has 0 aromatic heterocycles. The molecule has 0 unspecified atom stereocenters. The van der Waals surface area contributed by atoms with Crippen LogP contribution in [0.4, 0.5) is 11.4 Å².